The van der Waals surface area contributed by atoms with Crippen molar-refractivity contribution >= 4 is 35.0 Å². The number of aromatic hydroxyl groups is 1. The minimum atomic E-state index is -0.324. The second-order valence-electron chi connectivity index (χ2n) is 11.1. The molecule has 0 aliphatic heterocycles. The molecule has 6 N–H and O–H groups in total. The number of halogens is 1. The van der Waals surface area contributed by atoms with Crippen LogP contribution < -0.4 is 26.6 Å². The number of nitrogens with zero attached hydrogens (tertiary/aromatic N) is 2. The number of ether oxygens (including phenoxy) is 2. The van der Waals surface area contributed by atoms with Gasteiger partial charge in [0, 0.05) is 35.6 Å². The number of guanidine groups is 1. The van der Waals surface area contributed by atoms with E-state index in [4.69, 9.17) is 9.47 Å². The number of anilines is 2. The Morgan fingerprint density at radius 3 is 2.06 bits per heavy atom. The first-order valence-electron chi connectivity index (χ1n) is 16.9. The van der Waals surface area contributed by atoms with Crippen LogP contribution in [0, 0.1) is 18.2 Å². The maximum atomic E-state index is 13.1. The monoisotopic (exact) mass is 723 g/mol. The van der Waals surface area contributed by atoms with E-state index in [-0.39, 0.29) is 30.0 Å². The molecule has 4 rings (SSSR count). The van der Waals surface area contributed by atoms with Gasteiger partial charge in [-0.3, -0.25) is 14.6 Å². The molecule has 2 amide bonds. The Morgan fingerprint density at radius 1 is 0.774 bits per heavy atom. The molecule has 13 heteroatoms. The van der Waals surface area contributed by atoms with Gasteiger partial charge in [0.1, 0.15) is 18.2 Å². The smallest absolute Gasteiger partial charge is 0.251 e. The summed E-state index contributed by atoms with van der Waals surface area (Å²) in [4.78, 5) is 33.6. The predicted molar refractivity (Wildman–Crippen MR) is 208 cm³/mol. The molecule has 0 atom stereocenters. The predicted octanol–water partition coefficient (Wildman–Crippen LogP) is 5.41. The lowest BCUT2D eigenvalue weighted by molar-refractivity contribution is 0.0512. The highest BCUT2D eigenvalue weighted by molar-refractivity contribution is 6.05. The summed E-state index contributed by atoms with van der Waals surface area (Å²) in [7, 11) is 0. The van der Waals surface area contributed by atoms with Gasteiger partial charge in [-0.15, -0.1) is 12.3 Å². The molecular weight excluding hydrogens is 677 g/mol. The lowest BCUT2D eigenvalue weighted by atomic mass is 10.1. The number of amidine groups is 1. The van der Waals surface area contributed by atoms with Gasteiger partial charge in [0.15, 0.2) is 0 Å². The Morgan fingerprint density at radius 2 is 1.38 bits per heavy atom. The zero-order valence-corrected chi connectivity index (χ0v) is 29.9. The lowest BCUT2D eigenvalue weighted by Crippen LogP contribution is -2.35. The number of hydrogen-bond acceptors (Lipinski definition) is 8. The third kappa shape index (κ3) is 17.0. The largest absolute Gasteiger partial charge is 0.508 e. The van der Waals surface area contributed by atoms with Crippen LogP contribution in [-0.2, 0) is 16.0 Å². The highest BCUT2D eigenvalue weighted by atomic mass is 19.1. The SMILES string of the molecule is C#CC.CC(=NCCOCCOCCNC(=O)c1ccccc1)N/C(=N\CNc1ccc(C(=O)NCc2ccc(F)cc2)cc1)Nc1ccc(O)cc1. The molecule has 4 aromatic rings. The van der Waals surface area contributed by atoms with Crippen molar-refractivity contribution in [3.05, 3.63) is 126 Å². The van der Waals surface area contributed by atoms with Gasteiger partial charge in [-0.25, -0.2) is 9.38 Å². The second kappa shape index (κ2) is 24.0. The average Bonchev–Trinajstić information content (AvgIpc) is 3.17. The second-order valence-corrected chi connectivity index (χ2v) is 11.1. The molecule has 0 aliphatic carbocycles. The van der Waals surface area contributed by atoms with Gasteiger partial charge < -0.3 is 41.2 Å². The van der Waals surface area contributed by atoms with Gasteiger partial charge in [0.05, 0.1) is 38.8 Å². The van der Waals surface area contributed by atoms with E-state index in [0.29, 0.717) is 74.7 Å². The molecule has 0 unspecified atom stereocenters. The van der Waals surface area contributed by atoms with Crippen LogP contribution in [-0.4, -0.2) is 74.9 Å². The summed E-state index contributed by atoms with van der Waals surface area (Å²) in [5, 5.41) is 24.8. The van der Waals surface area contributed by atoms with Crippen molar-refractivity contribution in [3.63, 3.8) is 0 Å². The van der Waals surface area contributed by atoms with Gasteiger partial charge in [0.25, 0.3) is 11.8 Å². The van der Waals surface area contributed by atoms with Gasteiger partial charge in [-0.2, -0.15) is 0 Å². The van der Waals surface area contributed by atoms with E-state index in [1.54, 1.807) is 79.7 Å². The van der Waals surface area contributed by atoms with Crippen LogP contribution in [0.15, 0.2) is 113 Å². The fourth-order valence-corrected chi connectivity index (χ4v) is 4.37. The van der Waals surface area contributed by atoms with Crippen LogP contribution in [0.5, 0.6) is 5.75 Å². The van der Waals surface area contributed by atoms with E-state index in [1.165, 1.54) is 12.1 Å². The number of nitrogens with one attached hydrogen (secondary N) is 5. The van der Waals surface area contributed by atoms with Crippen molar-refractivity contribution in [2.45, 2.75) is 20.4 Å². The first-order chi connectivity index (χ1) is 25.8. The number of amides is 2. The maximum absolute atomic E-state index is 13.1. The Hall–Kier alpha value is -6.23. The highest BCUT2D eigenvalue weighted by Crippen LogP contribution is 2.14. The summed E-state index contributed by atoms with van der Waals surface area (Å²) in [6.45, 7) is 6.37. The number of phenolic OH excluding ortho intramolecular Hbond substituents is 1. The minimum absolute atomic E-state index is 0.135. The van der Waals surface area contributed by atoms with E-state index in [9.17, 15) is 19.1 Å². The number of hydrogen-bond donors (Lipinski definition) is 6. The molecule has 0 fully saturated rings. The molecule has 4 aromatic carbocycles. The van der Waals surface area contributed by atoms with Crippen molar-refractivity contribution in [1.82, 2.24) is 16.0 Å². The van der Waals surface area contributed by atoms with E-state index < -0.39 is 0 Å². The fourth-order valence-electron chi connectivity index (χ4n) is 4.37. The topological polar surface area (TPSA) is 158 Å². The van der Waals surface area contributed by atoms with Crippen LogP contribution in [0.1, 0.15) is 40.1 Å². The quantitative estimate of drug-likeness (QED) is 0.0278. The van der Waals surface area contributed by atoms with Gasteiger partial charge in [0.2, 0.25) is 5.96 Å². The van der Waals surface area contributed by atoms with Crippen molar-refractivity contribution in [1.29, 1.82) is 0 Å². The number of rotatable bonds is 17. The normalized spacial score (nSPS) is 11.0. The molecule has 0 heterocycles. The third-order valence-electron chi connectivity index (χ3n) is 6.99. The molecule has 278 valence electrons. The Labute approximate surface area is 309 Å². The summed E-state index contributed by atoms with van der Waals surface area (Å²) < 4.78 is 24.2. The van der Waals surface area contributed by atoms with E-state index in [0.717, 1.165) is 11.3 Å². The molecule has 0 aliphatic rings. The van der Waals surface area contributed by atoms with Gasteiger partial charge in [-0.05, 0) is 92.2 Å². The molecule has 0 radical (unpaired) electrons. The van der Waals surface area contributed by atoms with Crippen LogP contribution in [0.2, 0.25) is 0 Å². The zero-order valence-electron chi connectivity index (χ0n) is 29.9. The summed E-state index contributed by atoms with van der Waals surface area (Å²) in [6.07, 6.45) is 4.60. The number of benzene rings is 4. The number of phenols is 1. The number of carbonyl (C=O) groups excluding carboxylic acids is 2. The molecule has 12 nitrogen and oxygen atoms in total. The molecule has 0 saturated carbocycles. The van der Waals surface area contributed by atoms with E-state index in [2.05, 4.69) is 48.9 Å². The first kappa shape index (κ1) is 41.2. The molecule has 0 bridgehead atoms. The third-order valence-corrected chi connectivity index (χ3v) is 6.99. The number of carbonyl (C=O) groups is 2. The summed E-state index contributed by atoms with van der Waals surface area (Å²) in [5.41, 5.74) is 3.37. The van der Waals surface area contributed by atoms with E-state index in [1.807, 2.05) is 25.1 Å². The minimum Gasteiger partial charge on any atom is -0.508 e. The molecule has 53 heavy (non-hydrogen) atoms. The van der Waals surface area contributed by atoms with Crippen molar-refractivity contribution < 1.29 is 28.6 Å². The van der Waals surface area contributed by atoms with Gasteiger partial charge in [-0.1, -0.05) is 30.3 Å². The van der Waals surface area contributed by atoms with Crippen LogP contribution in [0.4, 0.5) is 15.8 Å². The molecule has 0 saturated heterocycles. The van der Waals surface area contributed by atoms with E-state index >= 15 is 0 Å². The maximum Gasteiger partial charge on any atom is 0.251 e. The van der Waals surface area contributed by atoms with Crippen LogP contribution >= 0.6 is 0 Å². The van der Waals surface area contributed by atoms with Crippen LogP contribution in [0.3, 0.4) is 0 Å². The van der Waals surface area contributed by atoms with Crippen molar-refractivity contribution in [2.75, 3.05) is 56.8 Å². The summed E-state index contributed by atoms with van der Waals surface area (Å²) >= 11 is 0. The number of terminal acetylenes is 1. The summed E-state index contributed by atoms with van der Waals surface area (Å²) in [5.74, 6) is 2.74. The molecule has 0 aromatic heterocycles. The van der Waals surface area contributed by atoms with Crippen LogP contribution in [0.25, 0.3) is 0 Å². The molecule has 0 spiro atoms. The standard InChI is InChI=1S/C37H42FN7O5.C3H4/c1-27(39-19-21-49-23-24-50-22-20-40-35(47)29-5-3-2-4-6-29)44-37(45-33-15-17-34(46)18-16-33)43-26-42-32-13-9-30(10-14-32)36(48)41-25-28-7-11-31(38)12-8-28;1-3-2/h2-18,42,46H,19-26H2,1H3,(H,40,47)(H,41,48)(H2,39,43,44,45);1H,2H3. The van der Waals surface area contributed by atoms with Crippen molar-refractivity contribution in [3.8, 4) is 18.1 Å². The molecular formula is C40H46FN7O5. The Kier molecular flexibility index (Phi) is 18.7. The Bertz CT molecular complexity index is 1780. The number of aliphatic imine (C=N–C) groups is 2. The van der Waals surface area contributed by atoms with Gasteiger partial charge >= 0.3 is 0 Å². The zero-order chi connectivity index (χ0) is 38.1. The van der Waals surface area contributed by atoms with Crippen molar-refractivity contribution in [2.24, 2.45) is 9.98 Å². The first-order valence-corrected chi connectivity index (χ1v) is 16.9. The highest BCUT2D eigenvalue weighted by Gasteiger charge is 2.07. The lowest BCUT2D eigenvalue weighted by Gasteiger charge is -2.13. The Balaban J connectivity index is 0.00000243. The summed E-state index contributed by atoms with van der Waals surface area (Å²) in [6, 6.07) is 28.5. The average molecular weight is 724 g/mol. The fraction of sp³-hybridized carbons (Fsp3) is 0.250.